The maximum absolute atomic E-state index is 10.9. The van der Waals surface area contributed by atoms with Crippen LogP contribution in [0.2, 0.25) is 0 Å². The van der Waals surface area contributed by atoms with Gasteiger partial charge in [-0.2, -0.15) is 0 Å². The first-order valence-electron chi connectivity index (χ1n) is 6.48. The Morgan fingerprint density at radius 1 is 1.18 bits per heavy atom. The van der Waals surface area contributed by atoms with Crippen molar-refractivity contribution in [2.24, 2.45) is 0 Å². The number of nitrogens with one attached hydrogen (secondary N) is 2. The summed E-state index contributed by atoms with van der Waals surface area (Å²) in [7, 11) is -3.04. The molecule has 2 aliphatic rings. The minimum atomic E-state index is -3.04. The number of sulfonamides is 1. The average molecular weight is 261 g/mol. The Bertz CT molecular complexity index is 345. The molecule has 17 heavy (non-hydrogen) atoms. The molecule has 0 amide bonds. The van der Waals surface area contributed by atoms with Gasteiger partial charge in [0.25, 0.3) is 0 Å². The molecule has 0 spiro atoms. The molecule has 2 saturated heterocycles. The van der Waals surface area contributed by atoms with Crippen molar-refractivity contribution in [3.63, 3.8) is 0 Å². The van der Waals surface area contributed by atoms with Gasteiger partial charge >= 0.3 is 0 Å². The van der Waals surface area contributed by atoms with Gasteiger partial charge in [-0.25, -0.2) is 13.1 Å². The Morgan fingerprint density at radius 3 is 2.76 bits per heavy atom. The lowest BCUT2D eigenvalue weighted by atomic mass is 9.99. The van der Waals surface area contributed by atoms with Crippen molar-refractivity contribution < 1.29 is 8.42 Å². The molecule has 100 valence electrons. The van der Waals surface area contributed by atoms with E-state index < -0.39 is 10.0 Å². The lowest BCUT2D eigenvalue weighted by molar-refractivity contribution is 0.181. The number of piperidine rings is 1. The Kier molecular flexibility index (Phi) is 4.41. The minimum absolute atomic E-state index is 0.488. The van der Waals surface area contributed by atoms with Crippen LogP contribution >= 0.6 is 0 Å². The van der Waals surface area contributed by atoms with Crippen LogP contribution < -0.4 is 10.0 Å². The predicted molar refractivity (Wildman–Crippen MR) is 68.5 cm³/mol. The van der Waals surface area contributed by atoms with Crippen LogP contribution in [0.1, 0.15) is 25.7 Å². The second-order valence-corrected chi connectivity index (χ2v) is 6.95. The van der Waals surface area contributed by atoms with E-state index in [1.165, 1.54) is 45.0 Å². The first-order valence-corrected chi connectivity index (χ1v) is 8.37. The molecule has 2 aliphatic heterocycles. The predicted octanol–water partition coefficient (Wildman–Crippen LogP) is -0.248. The fraction of sp³-hybridized carbons (Fsp3) is 1.00. The van der Waals surface area contributed by atoms with Gasteiger partial charge in [0.2, 0.25) is 10.0 Å². The van der Waals surface area contributed by atoms with Crippen LogP contribution in [0.5, 0.6) is 0 Å². The molecular weight excluding hydrogens is 238 g/mol. The molecule has 2 heterocycles. The van der Waals surface area contributed by atoms with Crippen molar-refractivity contribution in [2.45, 2.75) is 37.8 Å². The van der Waals surface area contributed by atoms with Crippen molar-refractivity contribution in [3.8, 4) is 0 Å². The number of hydrogen-bond donors (Lipinski definition) is 2. The van der Waals surface area contributed by atoms with Gasteiger partial charge in [-0.15, -0.1) is 0 Å². The zero-order chi connectivity index (χ0) is 12.3. The molecule has 0 aromatic heterocycles. The van der Waals surface area contributed by atoms with Gasteiger partial charge in [0.15, 0.2) is 0 Å². The molecule has 5 nitrogen and oxygen atoms in total. The summed E-state index contributed by atoms with van der Waals surface area (Å²) in [6, 6.07) is 1.23. The summed E-state index contributed by atoms with van der Waals surface area (Å²) >= 11 is 0. The van der Waals surface area contributed by atoms with E-state index in [0.29, 0.717) is 18.6 Å². The second-order valence-electron chi connectivity index (χ2n) is 5.11. The molecule has 2 atom stereocenters. The smallest absolute Gasteiger partial charge is 0.208 e. The molecule has 0 aromatic rings. The van der Waals surface area contributed by atoms with Gasteiger partial charge in [0.05, 0.1) is 6.26 Å². The minimum Gasteiger partial charge on any atom is -0.311 e. The normalized spacial score (nSPS) is 30.4. The van der Waals surface area contributed by atoms with E-state index in [0.717, 1.165) is 6.54 Å². The van der Waals surface area contributed by atoms with E-state index >= 15 is 0 Å². The summed E-state index contributed by atoms with van der Waals surface area (Å²) in [6.07, 6.45) is 6.35. The van der Waals surface area contributed by atoms with Gasteiger partial charge in [-0.05, 0) is 25.8 Å². The van der Waals surface area contributed by atoms with E-state index in [-0.39, 0.29) is 0 Å². The van der Waals surface area contributed by atoms with Gasteiger partial charge in [-0.3, -0.25) is 4.90 Å². The van der Waals surface area contributed by atoms with E-state index in [1.54, 1.807) is 0 Å². The molecule has 0 bridgehead atoms. The third-order valence-corrected chi connectivity index (χ3v) is 4.48. The molecule has 2 unspecified atom stereocenters. The summed E-state index contributed by atoms with van der Waals surface area (Å²) in [4.78, 5) is 2.57. The molecule has 6 heteroatoms. The summed E-state index contributed by atoms with van der Waals surface area (Å²) in [6.45, 7) is 3.65. The van der Waals surface area contributed by atoms with Crippen molar-refractivity contribution in [2.75, 3.05) is 32.4 Å². The Balaban J connectivity index is 1.69. The zero-order valence-electron chi connectivity index (χ0n) is 10.5. The second kappa shape index (κ2) is 5.65. The quantitative estimate of drug-likeness (QED) is 0.670. The van der Waals surface area contributed by atoms with Gasteiger partial charge in [0, 0.05) is 31.7 Å². The Hall–Kier alpha value is -0.170. The highest BCUT2D eigenvalue weighted by Crippen LogP contribution is 2.26. The van der Waals surface area contributed by atoms with Crippen LogP contribution in [-0.4, -0.2) is 57.8 Å². The maximum Gasteiger partial charge on any atom is 0.208 e. The summed E-state index contributed by atoms with van der Waals surface area (Å²) in [5, 5.41) is 3.48. The highest BCUT2D eigenvalue weighted by Gasteiger charge is 2.34. The highest BCUT2D eigenvalue weighted by atomic mass is 32.2. The van der Waals surface area contributed by atoms with E-state index in [9.17, 15) is 8.42 Å². The number of fused-ring (bicyclic) bond motifs is 1. The molecular formula is C11H23N3O2S. The molecule has 0 radical (unpaired) electrons. The lowest BCUT2D eigenvalue weighted by Crippen LogP contribution is -2.46. The Morgan fingerprint density at radius 2 is 2.00 bits per heavy atom. The molecule has 0 aliphatic carbocycles. The molecule has 2 rings (SSSR count). The molecule has 0 saturated carbocycles. The average Bonchev–Trinajstić information content (AvgIpc) is 2.67. The molecule has 0 aromatic carbocycles. The largest absolute Gasteiger partial charge is 0.311 e. The van der Waals surface area contributed by atoms with Gasteiger partial charge in [-0.1, -0.05) is 6.42 Å². The van der Waals surface area contributed by atoms with Crippen LogP contribution in [-0.2, 0) is 10.0 Å². The number of rotatable bonds is 5. The van der Waals surface area contributed by atoms with Crippen molar-refractivity contribution >= 4 is 10.0 Å². The van der Waals surface area contributed by atoms with Crippen LogP contribution in [0.15, 0.2) is 0 Å². The van der Waals surface area contributed by atoms with E-state index in [2.05, 4.69) is 14.9 Å². The highest BCUT2D eigenvalue weighted by molar-refractivity contribution is 7.88. The first kappa shape index (κ1) is 13.3. The summed E-state index contributed by atoms with van der Waals surface area (Å²) in [5.74, 6) is 0. The fourth-order valence-electron chi connectivity index (χ4n) is 2.98. The van der Waals surface area contributed by atoms with Crippen molar-refractivity contribution in [1.29, 1.82) is 0 Å². The van der Waals surface area contributed by atoms with Gasteiger partial charge < -0.3 is 5.32 Å². The SMILES string of the molecule is CS(=O)(=O)NCCNC1CCN2CCCCC12. The van der Waals surface area contributed by atoms with Crippen LogP contribution in [0, 0.1) is 0 Å². The van der Waals surface area contributed by atoms with Crippen molar-refractivity contribution in [1.82, 2.24) is 14.9 Å². The number of nitrogens with zero attached hydrogens (tertiary/aromatic N) is 1. The van der Waals surface area contributed by atoms with Crippen LogP contribution in [0.25, 0.3) is 0 Å². The van der Waals surface area contributed by atoms with E-state index in [1.807, 2.05) is 0 Å². The standard InChI is InChI=1S/C11H23N3O2S/c1-17(15,16)13-7-6-12-10-5-9-14-8-3-2-4-11(10)14/h10-13H,2-9H2,1H3. The lowest BCUT2D eigenvalue weighted by Gasteiger charge is -2.32. The monoisotopic (exact) mass is 261 g/mol. The number of hydrogen-bond acceptors (Lipinski definition) is 4. The Labute approximate surface area is 104 Å². The van der Waals surface area contributed by atoms with Gasteiger partial charge in [0.1, 0.15) is 0 Å². The van der Waals surface area contributed by atoms with Crippen LogP contribution in [0.4, 0.5) is 0 Å². The third kappa shape index (κ3) is 3.91. The zero-order valence-corrected chi connectivity index (χ0v) is 11.3. The fourth-order valence-corrected chi connectivity index (χ4v) is 3.45. The topological polar surface area (TPSA) is 61.4 Å². The summed E-state index contributed by atoms with van der Waals surface area (Å²) in [5.41, 5.74) is 0. The third-order valence-electron chi connectivity index (χ3n) is 3.75. The van der Waals surface area contributed by atoms with Crippen molar-refractivity contribution in [3.05, 3.63) is 0 Å². The molecule has 2 N–H and O–H groups in total. The summed E-state index contributed by atoms with van der Waals surface area (Å²) < 4.78 is 24.3. The maximum atomic E-state index is 10.9. The van der Waals surface area contributed by atoms with Crippen LogP contribution in [0.3, 0.4) is 0 Å². The molecule has 2 fully saturated rings. The first-order chi connectivity index (χ1) is 8.06. The van der Waals surface area contributed by atoms with E-state index in [4.69, 9.17) is 0 Å².